The molecule has 1 aliphatic rings. The number of carboxylic acid groups (broad SMARTS) is 1. The molecule has 1 heterocycles. The predicted octanol–water partition coefficient (Wildman–Crippen LogP) is 3.54. The van der Waals surface area contributed by atoms with Gasteiger partial charge in [-0.1, -0.05) is 20.3 Å². The molecule has 4 heteroatoms. The molecule has 1 fully saturated rings. The molecule has 1 aliphatic carbocycles. The van der Waals surface area contributed by atoms with Crippen molar-refractivity contribution in [1.82, 2.24) is 4.57 Å². The second kappa shape index (κ2) is 4.05. The van der Waals surface area contributed by atoms with Crippen LogP contribution in [0.4, 0.5) is 0 Å². The Hall–Kier alpha value is -0.520. The van der Waals surface area contributed by atoms with Crippen LogP contribution < -0.4 is 0 Å². The van der Waals surface area contributed by atoms with E-state index in [4.69, 9.17) is 0 Å². The number of carbonyl (C=O) groups is 1. The Balaban J connectivity index is 2.43. The normalized spacial score (nSPS) is 23.6. The maximum atomic E-state index is 11.2. The first-order valence-electron chi connectivity index (χ1n) is 5.52. The van der Waals surface area contributed by atoms with Crippen LogP contribution in [0.3, 0.4) is 0 Å². The van der Waals surface area contributed by atoms with E-state index in [0.29, 0.717) is 11.7 Å². The summed E-state index contributed by atoms with van der Waals surface area (Å²) in [5, 5.41) is 9.19. The molecule has 0 bridgehead atoms. The van der Waals surface area contributed by atoms with Crippen LogP contribution in [-0.4, -0.2) is 15.6 Å². The molecule has 0 radical (unpaired) electrons. The molecule has 0 spiro atoms. The third-order valence-corrected chi connectivity index (χ3v) is 4.16. The number of aromatic nitrogens is 1. The third-order valence-electron chi connectivity index (χ3n) is 3.57. The zero-order chi connectivity index (χ0) is 11.9. The Bertz CT molecular complexity index is 423. The largest absolute Gasteiger partial charge is 0.477 e. The number of carboxylic acids is 1. The summed E-state index contributed by atoms with van der Waals surface area (Å²) in [4.78, 5) is 11.2. The molecule has 1 saturated carbocycles. The van der Waals surface area contributed by atoms with Gasteiger partial charge < -0.3 is 9.67 Å². The summed E-state index contributed by atoms with van der Waals surface area (Å²) in [5.41, 5.74) is 0.621. The van der Waals surface area contributed by atoms with Gasteiger partial charge in [-0.25, -0.2) is 4.79 Å². The molecular weight excluding hydrogens is 317 g/mol. The van der Waals surface area contributed by atoms with E-state index in [-0.39, 0.29) is 5.41 Å². The summed E-state index contributed by atoms with van der Waals surface area (Å²) in [5.74, 6) is -0.828. The molecule has 3 nitrogen and oxygen atoms in total. The molecule has 2 rings (SSSR count). The van der Waals surface area contributed by atoms with Crippen molar-refractivity contribution in [3.05, 3.63) is 21.5 Å². The highest BCUT2D eigenvalue weighted by molar-refractivity contribution is 14.1. The molecule has 1 atom stereocenters. The van der Waals surface area contributed by atoms with Crippen molar-refractivity contribution in [3.8, 4) is 0 Å². The van der Waals surface area contributed by atoms with Gasteiger partial charge in [0.05, 0.1) is 0 Å². The lowest BCUT2D eigenvalue weighted by molar-refractivity contribution is 0.0678. The standard InChI is InChI=1S/C12H16INO2/c1-12(2)5-3-4-10(12)14-7-8(13)6-9(14)11(15)16/h6-7,10H,3-5H2,1-2H3,(H,15,16). The number of hydrogen-bond donors (Lipinski definition) is 1. The Morgan fingerprint density at radius 1 is 1.62 bits per heavy atom. The lowest BCUT2D eigenvalue weighted by Gasteiger charge is -2.29. The molecule has 0 saturated heterocycles. The second-order valence-electron chi connectivity index (χ2n) is 5.15. The number of hydrogen-bond acceptors (Lipinski definition) is 1. The van der Waals surface area contributed by atoms with Gasteiger partial charge in [0, 0.05) is 15.8 Å². The second-order valence-corrected chi connectivity index (χ2v) is 6.40. The minimum Gasteiger partial charge on any atom is -0.477 e. The van der Waals surface area contributed by atoms with Crippen molar-refractivity contribution in [3.63, 3.8) is 0 Å². The van der Waals surface area contributed by atoms with Crippen molar-refractivity contribution in [2.75, 3.05) is 0 Å². The average Bonchev–Trinajstić information content (AvgIpc) is 2.68. The van der Waals surface area contributed by atoms with E-state index in [1.807, 2.05) is 10.8 Å². The summed E-state index contributed by atoms with van der Waals surface area (Å²) in [6.45, 7) is 4.45. The van der Waals surface area contributed by atoms with Gasteiger partial charge >= 0.3 is 5.97 Å². The van der Waals surface area contributed by atoms with E-state index in [1.165, 1.54) is 12.8 Å². The topological polar surface area (TPSA) is 42.2 Å². The van der Waals surface area contributed by atoms with Gasteiger partial charge in [-0.3, -0.25) is 0 Å². The minimum atomic E-state index is -0.828. The molecule has 1 unspecified atom stereocenters. The minimum absolute atomic E-state index is 0.201. The van der Waals surface area contributed by atoms with Crippen LogP contribution in [0.2, 0.25) is 0 Å². The number of rotatable bonds is 2. The van der Waals surface area contributed by atoms with E-state index in [2.05, 4.69) is 36.4 Å². The zero-order valence-electron chi connectivity index (χ0n) is 9.53. The Morgan fingerprint density at radius 2 is 2.31 bits per heavy atom. The fraction of sp³-hybridized carbons (Fsp3) is 0.583. The Morgan fingerprint density at radius 3 is 2.81 bits per heavy atom. The van der Waals surface area contributed by atoms with E-state index < -0.39 is 5.97 Å². The van der Waals surface area contributed by atoms with Crippen molar-refractivity contribution in [2.45, 2.75) is 39.2 Å². The van der Waals surface area contributed by atoms with Crippen LogP contribution in [0.5, 0.6) is 0 Å². The van der Waals surface area contributed by atoms with Crippen molar-refractivity contribution >= 4 is 28.6 Å². The van der Waals surface area contributed by atoms with Gasteiger partial charge in [0.25, 0.3) is 0 Å². The van der Waals surface area contributed by atoms with Gasteiger partial charge in [0.2, 0.25) is 0 Å². The fourth-order valence-corrected chi connectivity index (χ4v) is 3.29. The highest BCUT2D eigenvalue weighted by Crippen LogP contribution is 2.46. The monoisotopic (exact) mass is 333 g/mol. The summed E-state index contributed by atoms with van der Waals surface area (Å²) in [7, 11) is 0. The zero-order valence-corrected chi connectivity index (χ0v) is 11.7. The molecule has 0 amide bonds. The first-order valence-corrected chi connectivity index (χ1v) is 6.60. The van der Waals surface area contributed by atoms with Crippen LogP contribution in [0.15, 0.2) is 12.3 Å². The van der Waals surface area contributed by atoms with E-state index in [9.17, 15) is 9.90 Å². The van der Waals surface area contributed by atoms with Crippen LogP contribution >= 0.6 is 22.6 Å². The van der Waals surface area contributed by atoms with E-state index in [1.54, 1.807) is 6.07 Å². The maximum absolute atomic E-state index is 11.2. The summed E-state index contributed by atoms with van der Waals surface area (Å²) in [6, 6.07) is 2.07. The summed E-state index contributed by atoms with van der Waals surface area (Å²) >= 11 is 2.17. The molecule has 1 N–H and O–H groups in total. The summed E-state index contributed by atoms with van der Waals surface area (Å²) in [6.07, 6.45) is 5.40. The van der Waals surface area contributed by atoms with Crippen molar-refractivity contribution in [1.29, 1.82) is 0 Å². The molecule has 1 aromatic rings. The van der Waals surface area contributed by atoms with Gasteiger partial charge in [0.15, 0.2) is 0 Å². The quantitative estimate of drug-likeness (QED) is 0.841. The predicted molar refractivity (Wildman–Crippen MR) is 70.8 cm³/mol. The number of aromatic carboxylic acids is 1. The fourth-order valence-electron chi connectivity index (χ4n) is 2.70. The van der Waals surface area contributed by atoms with Crippen LogP contribution in [0, 0.1) is 8.99 Å². The maximum Gasteiger partial charge on any atom is 0.352 e. The molecule has 0 aromatic carbocycles. The SMILES string of the molecule is CC1(C)CCCC1n1cc(I)cc1C(=O)O. The Labute approximate surface area is 109 Å². The summed E-state index contributed by atoms with van der Waals surface area (Å²) < 4.78 is 2.95. The number of nitrogens with zero attached hydrogens (tertiary/aromatic N) is 1. The molecular formula is C12H16INO2. The average molecular weight is 333 g/mol. The number of halogens is 1. The molecule has 16 heavy (non-hydrogen) atoms. The first kappa shape index (κ1) is 12.0. The van der Waals surface area contributed by atoms with Crippen LogP contribution in [-0.2, 0) is 0 Å². The van der Waals surface area contributed by atoms with Crippen LogP contribution in [0.25, 0.3) is 0 Å². The molecule has 0 aliphatic heterocycles. The van der Waals surface area contributed by atoms with Gasteiger partial charge in [-0.15, -0.1) is 0 Å². The first-order chi connectivity index (χ1) is 7.42. The molecule has 88 valence electrons. The van der Waals surface area contributed by atoms with Crippen molar-refractivity contribution < 1.29 is 9.90 Å². The highest BCUT2D eigenvalue weighted by atomic mass is 127. The van der Waals surface area contributed by atoms with E-state index >= 15 is 0 Å². The lowest BCUT2D eigenvalue weighted by atomic mass is 9.87. The van der Waals surface area contributed by atoms with Crippen LogP contribution in [0.1, 0.15) is 49.6 Å². The highest BCUT2D eigenvalue weighted by Gasteiger charge is 2.37. The lowest BCUT2D eigenvalue weighted by Crippen LogP contribution is -2.23. The van der Waals surface area contributed by atoms with Gasteiger partial charge in [0.1, 0.15) is 5.69 Å². The van der Waals surface area contributed by atoms with Gasteiger partial charge in [-0.2, -0.15) is 0 Å². The van der Waals surface area contributed by atoms with E-state index in [0.717, 1.165) is 9.99 Å². The smallest absolute Gasteiger partial charge is 0.352 e. The molecule has 1 aromatic heterocycles. The van der Waals surface area contributed by atoms with Gasteiger partial charge in [-0.05, 0) is 46.9 Å². The third kappa shape index (κ3) is 1.99. The van der Waals surface area contributed by atoms with Crippen molar-refractivity contribution in [2.24, 2.45) is 5.41 Å². The Kier molecular flexibility index (Phi) is 3.03.